The van der Waals surface area contributed by atoms with E-state index < -0.39 is 5.97 Å². The summed E-state index contributed by atoms with van der Waals surface area (Å²) in [6, 6.07) is 9.54. The van der Waals surface area contributed by atoms with E-state index in [0.717, 1.165) is 29.2 Å². The van der Waals surface area contributed by atoms with E-state index in [1.165, 1.54) is 0 Å². The van der Waals surface area contributed by atoms with Gasteiger partial charge in [0.05, 0.1) is 11.3 Å². The maximum absolute atomic E-state index is 13.1. The summed E-state index contributed by atoms with van der Waals surface area (Å²) in [5.41, 5.74) is 4.06. The van der Waals surface area contributed by atoms with E-state index in [0.29, 0.717) is 25.1 Å². The number of hydrogen-bond acceptors (Lipinski definition) is 4. The van der Waals surface area contributed by atoms with Crippen LogP contribution in [0, 0.1) is 6.92 Å². The minimum Gasteiger partial charge on any atom is -0.476 e. The van der Waals surface area contributed by atoms with Crippen molar-refractivity contribution in [3.63, 3.8) is 0 Å². The van der Waals surface area contributed by atoms with E-state index in [-0.39, 0.29) is 11.3 Å². The Morgan fingerprint density at radius 3 is 2.74 bits per heavy atom. The minimum atomic E-state index is -1.03. The Kier molecular flexibility index (Phi) is 4.19. The third kappa shape index (κ3) is 2.87. The molecule has 0 spiro atoms. The fraction of sp³-hybridized carbons (Fsp3) is 0.316. The molecule has 0 fully saturated rings. The summed E-state index contributed by atoms with van der Waals surface area (Å²) in [7, 11) is 1.88. The molecule has 0 atom stereocenters. The van der Waals surface area contributed by atoms with Crippen molar-refractivity contribution < 1.29 is 9.90 Å². The third-order valence-corrected chi connectivity index (χ3v) is 5.27. The molecule has 1 aliphatic heterocycles. The second-order valence-electron chi connectivity index (χ2n) is 6.84. The average Bonchev–Trinajstić information content (AvgIpc) is 3.17. The lowest BCUT2D eigenvalue weighted by Gasteiger charge is -2.26. The molecule has 1 aromatic carbocycles. The van der Waals surface area contributed by atoms with Crippen molar-refractivity contribution in [2.75, 3.05) is 6.54 Å². The van der Waals surface area contributed by atoms with E-state index >= 15 is 0 Å². The first kappa shape index (κ1) is 17.3. The molecule has 3 aromatic rings. The Morgan fingerprint density at radius 2 is 2.04 bits per heavy atom. The smallest absolute Gasteiger partial charge is 0.356 e. The first-order valence-corrected chi connectivity index (χ1v) is 8.82. The van der Waals surface area contributed by atoms with Crippen LogP contribution < -0.4 is 5.56 Å². The SMILES string of the molecule is Cc1c(CN2CCc3[nH]nc(C(=O)O)c3C2)c(=O)n(-c2ccccc2)n1C. The number of fused-ring (bicyclic) bond motifs is 1. The predicted molar refractivity (Wildman–Crippen MR) is 99.1 cm³/mol. The van der Waals surface area contributed by atoms with Crippen molar-refractivity contribution in [1.82, 2.24) is 24.5 Å². The molecule has 8 nitrogen and oxygen atoms in total. The van der Waals surface area contributed by atoms with Gasteiger partial charge in [-0.25, -0.2) is 9.48 Å². The highest BCUT2D eigenvalue weighted by atomic mass is 16.4. The first-order chi connectivity index (χ1) is 13.0. The van der Waals surface area contributed by atoms with Gasteiger partial charge >= 0.3 is 5.97 Å². The van der Waals surface area contributed by atoms with E-state index in [9.17, 15) is 14.7 Å². The van der Waals surface area contributed by atoms with Crippen LogP contribution >= 0.6 is 0 Å². The lowest BCUT2D eigenvalue weighted by atomic mass is 10.0. The number of para-hydroxylation sites is 1. The number of H-pyrrole nitrogens is 1. The molecule has 27 heavy (non-hydrogen) atoms. The maximum Gasteiger partial charge on any atom is 0.356 e. The normalized spacial score (nSPS) is 14.3. The quantitative estimate of drug-likeness (QED) is 0.728. The number of carboxylic acids is 1. The summed E-state index contributed by atoms with van der Waals surface area (Å²) in [5, 5.41) is 16.0. The molecule has 0 saturated carbocycles. The molecule has 140 valence electrons. The third-order valence-electron chi connectivity index (χ3n) is 5.27. The predicted octanol–water partition coefficient (Wildman–Crippen LogP) is 1.46. The molecule has 0 unspecified atom stereocenters. The Balaban J connectivity index is 1.65. The van der Waals surface area contributed by atoms with Crippen LogP contribution in [0.1, 0.15) is 33.0 Å². The second kappa shape index (κ2) is 6.55. The number of aromatic carboxylic acids is 1. The zero-order valence-corrected chi connectivity index (χ0v) is 15.3. The second-order valence-corrected chi connectivity index (χ2v) is 6.84. The number of aromatic nitrogens is 4. The van der Waals surface area contributed by atoms with Crippen LogP contribution in [0.4, 0.5) is 0 Å². The topological polar surface area (TPSA) is 96.2 Å². The van der Waals surface area contributed by atoms with Crippen LogP contribution in [0.5, 0.6) is 0 Å². The standard InChI is InChI=1S/C19H21N5O3/c1-12-14(18(25)24(22(12)2)13-6-4-3-5-7-13)10-23-9-8-16-15(11-23)17(19(26)27)21-20-16/h3-7H,8-11H2,1-2H3,(H,20,21)(H,26,27). The van der Waals surface area contributed by atoms with Crippen LogP contribution in [0.2, 0.25) is 0 Å². The summed E-state index contributed by atoms with van der Waals surface area (Å²) in [6.45, 7) is 3.62. The Hall–Kier alpha value is -3.13. The Morgan fingerprint density at radius 1 is 1.30 bits per heavy atom. The summed E-state index contributed by atoms with van der Waals surface area (Å²) in [4.78, 5) is 26.5. The molecule has 0 radical (unpaired) electrons. The zero-order chi connectivity index (χ0) is 19.1. The number of carbonyl (C=O) groups is 1. The van der Waals surface area contributed by atoms with Crippen molar-refractivity contribution >= 4 is 5.97 Å². The minimum absolute atomic E-state index is 0.0438. The van der Waals surface area contributed by atoms with Gasteiger partial charge in [0, 0.05) is 50.1 Å². The van der Waals surface area contributed by atoms with Crippen LogP contribution in [-0.4, -0.2) is 42.1 Å². The highest BCUT2D eigenvalue weighted by molar-refractivity contribution is 5.87. The Labute approximate surface area is 155 Å². The molecule has 0 amide bonds. The van der Waals surface area contributed by atoms with Gasteiger partial charge < -0.3 is 5.11 Å². The van der Waals surface area contributed by atoms with Gasteiger partial charge in [0.15, 0.2) is 5.69 Å². The fourth-order valence-electron chi connectivity index (χ4n) is 3.69. The fourth-order valence-corrected chi connectivity index (χ4v) is 3.69. The van der Waals surface area contributed by atoms with Crippen LogP contribution in [0.3, 0.4) is 0 Å². The first-order valence-electron chi connectivity index (χ1n) is 8.82. The van der Waals surface area contributed by atoms with E-state index in [4.69, 9.17) is 0 Å². The van der Waals surface area contributed by atoms with Gasteiger partial charge in [-0.3, -0.25) is 19.5 Å². The zero-order valence-electron chi connectivity index (χ0n) is 15.3. The van der Waals surface area contributed by atoms with Crippen molar-refractivity contribution in [2.45, 2.75) is 26.4 Å². The van der Waals surface area contributed by atoms with E-state index in [2.05, 4.69) is 15.1 Å². The number of nitrogens with one attached hydrogen (secondary N) is 1. The molecule has 0 aliphatic carbocycles. The lowest BCUT2D eigenvalue weighted by Crippen LogP contribution is -2.32. The average molecular weight is 367 g/mol. The highest BCUT2D eigenvalue weighted by Crippen LogP contribution is 2.22. The molecule has 2 N–H and O–H groups in total. The van der Waals surface area contributed by atoms with Crippen LogP contribution in [0.25, 0.3) is 5.69 Å². The van der Waals surface area contributed by atoms with E-state index in [1.54, 1.807) is 4.68 Å². The molecule has 0 bridgehead atoms. The summed E-state index contributed by atoms with van der Waals surface area (Å²) >= 11 is 0. The summed E-state index contributed by atoms with van der Waals surface area (Å²) in [6.07, 6.45) is 0.689. The molecule has 0 saturated heterocycles. The molecule has 8 heteroatoms. The largest absolute Gasteiger partial charge is 0.476 e. The number of hydrogen-bond donors (Lipinski definition) is 2. The van der Waals surface area contributed by atoms with Crippen molar-refractivity contribution in [1.29, 1.82) is 0 Å². The van der Waals surface area contributed by atoms with Crippen molar-refractivity contribution in [3.8, 4) is 5.69 Å². The summed E-state index contributed by atoms with van der Waals surface area (Å²) in [5.74, 6) is -1.03. The maximum atomic E-state index is 13.1. The molecule has 1 aliphatic rings. The van der Waals surface area contributed by atoms with Gasteiger partial charge in [0.1, 0.15) is 0 Å². The van der Waals surface area contributed by atoms with Gasteiger partial charge in [-0.05, 0) is 19.1 Å². The van der Waals surface area contributed by atoms with Crippen molar-refractivity contribution in [2.24, 2.45) is 7.05 Å². The number of rotatable bonds is 4. The van der Waals surface area contributed by atoms with Gasteiger partial charge in [-0.15, -0.1) is 0 Å². The van der Waals surface area contributed by atoms with Crippen molar-refractivity contribution in [3.05, 3.63) is 68.9 Å². The van der Waals surface area contributed by atoms with Gasteiger partial charge in [-0.2, -0.15) is 5.10 Å². The highest BCUT2D eigenvalue weighted by Gasteiger charge is 2.27. The summed E-state index contributed by atoms with van der Waals surface area (Å²) < 4.78 is 3.53. The van der Waals surface area contributed by atoms with Crippen LogP contribution in [-0.2, 0) is 26.6 Å². The number of benzene rings is 1. The molecular formula is C19H21N5O3. The number of carboxylic acid groups (broad SMARTS) is 1. The molecule has 4 rings (SSSR count). The lowest BCUT2D eigenvalue weighted by molar-refractivity contribution is 0.0687. The number of aromatic amines is 1. The number of nitrogens with zero attached hydrogens (tertiary/aromatic N) is 4. The van der Waals surface area contributed by atoms with Crippen LogP contribution in [0.15, 0.2) is 35.1 Å². The molecule has 2 aromatic heterocycles. The Bertz CT molecular complexity index is 1060. The van der Waals surface area contributed by atoms with E-state index in [1.807, 2.05) is 49.0 Å². The molecular weight excluding hydrogens is 346 g/mol. The van der Waals surface area contributed by atoms with Gasteiger partial charge in [0.2, 0.25) is 0 Å². The monoisotopic (exact) mass is 367 g/mol. The van der Waals surface area contributed by atoms with Gasteiger partial charge in [0.25, 0.3) is 5.56 Å². The molecule has 3 heterocycles. The van der Waals surface area contributed by atoms with Gasteiger partial charge in [-0.1, -0.05) is 18.2 Å².